The fourth-order valence-corrected chi connectivity index (χ4v) is 3.10. The summed E-state index contributed by atoms with van der Waals surface area (Å²) in [6, 6.07) is 20.0. The van der Waals surface area contributed by atoms with Crippen molar-refractivity contribution in [1.82, 2.24) is 4.57 Å². The lowest BCUT2D eigenvalue weighted by atomic mass is 9.96. The molecule has 0 atom stereocenters. The molecular weight excluding hydrogens is 340 g/mol. The summed E-state index contributed by atoms with van der Waals surface area (Å²) in [5.74, 6) is -1.22. The summed E-state index contributed by atoms with van der Waals surface area (Å²) >= 11 is 0. The molecule has 27 heavy (non-hydrogen) atoms. The van der Waals surface area contributed by atoms with Gasteiger partial charge in [-0.05, 0) is 22.8 Å². The number of aromatic nitrogens is 1. The molecule has 3 aromatic rings. The third-order valence-corrected chi connectivity index (χ3v) is 4.35. The number of rotatable bonds is 3. The van der Waals surface area contributed by atoms with Crippen molar-refractivity contribution in [2.24, 2.45) is 7.05 Å². The smallest absolute Gasteiger partial charge is 0.353 e. The Bertz CT molecular complexity index is 1180. The number of nitriles is 3. The zero-order valence-corrected chi connectivity index (χ0v) is 14.3. The molecule has 0 aliphatic rings. The first kappa shape index (κ1) is 17.5. The maximum absolute atomic E-state index is 11.7. The van der Waals surface area contributed by atoms with Crippen LogP contribution >= 0.6 is 0 Å². The highest BCUT2D eigenvalue weighted by Crippen LogP contribution is 2.33. The van der Waals surface area contributed by atoms with Gasteiger partial charge in [-0.1, -0.05) is 42.5 Å². The molecule has 0 aliphatic carbocycles. The summed E-state index contributed by atoms with van der Waals surface area (Å²) in [6.07, 6.45) is 0. The molecule has 0 fully saturated rings. The molecular formula is C21H12N4O2. The molecule has 0 bridgehead atoms. The van der Waals surface area contributed by atoms with Gasteiger partial charge in [0.05, 0.1) is 17.2 Å². The summed E-state index contributed by atoms with van der Waals surface area (Å²) in [5.41, 5.74) is 2.72. The van der Waals surface area contributed by atoms with E-state index in [1.807, 2.05) is 24.3 Å². The van der Waals surface area contributed by atoms with Crippen molar-refractivity contribution in [1.29, 1.82) is 15.8 Å². The summed E-state index contributed by atoms with van der Waals surface area (Å²) in [4.78, 5) is 11.7. The van der Waals surface area contributed by atoms with Gasteiger partial charge >= 0.3 is 5.97 Å². The van der Waals surface area contributed by atoms with Crippen LogP contribution < -0.4 is 0 Å². The van der Waals surface area contributed by atoms with Crippen molar-refractivity contribution in [3.8, 4) is 40.5 Å². The van der Waals surface area contributed by atoms with Gasteiger partial charge in [-0.25, -0.2) is 4.79 Å². The predicted octanol–water partition coefficient (Wildman–Crippen LogP) is 3.67. The Hall–Kier alpha value is -4.34. The molecule has 6 nitrogen and oxygen atoms in total. The van der Waals surface area contributed by atoms with Crippen molar-refractivity contribution in [3.05, 3.63) is 71.0 Å². The van der Waals surface area contributed by atoms with Crippen molar-refractivity contribution in [2.45, 2.75) is 0 Å². The average molecular weight is 352 g/mol. The third-order valence-electron chi connectivity index (χ3n) is 4.35. The van der Waals surface area contributed by atoms with Crippen LogP contribution in [0.25, 0.3) is 22.3 Å². The number of hydrogen-bond acceptors (Lipinski definition) is 4. The molecule has 1 aromatic heterocycles. The number of hydrogen-bond donors (Lipinski definition) is 1. The lowest BCUT2D eigenvalue weighted by Crippen LogP contribution is -2.07. The van der Waals surface area contributed by atoms with Crippen LogP contribution in [0.5, 0.6) is 0 Å². The van der Waals surface area contributed by atoms with Crippen LogP contribution in [0.4, 0.5) is 0 Å². The van der Waals surface area contributed by atoms with Crippen LogP contribution in [0.2, 0.25) is 0 Å². The van der Waals surface area contributed by atoms with E-state index in [4.69, 9.17) is 0 Å². The van der Waals surface area contributed by atoms with E-state index in [1.165, 1.54) is 11.6 Å². The van der Waals surface area contributed by atoms with E-state index in [9.17, 15) is 25.7 Å². The fraction of sp³-hybridized carbons (Fsp3) is 0.0476. The fourth-order valence-electron chi connectivity index (χ4n) is 3.10. The molecule has 1 heterocycles. The van der Waals surface area contributed by atoms with Crippen LogP contribution in [0.1, 0.15) is 27.3 Å². The van der Waals surface area contributed by atoms with E-state index in [-0.39, 0.29) is 22.5 Å². The van der Waals surface area contributed by atoms with Gasteiger partial charge in [0, 0.05) is 12.6 Å². The first-order valence-electron chi connectivity index (χ1n) is 7.89. The Morgan fingerprint density at radius 1 is 0.926 bits per heavy atom. The van der Waals surface area contributed by atoms with Gasteiger partial charge in [0.2, 0.25) is 0 Å². The Kier molecular flexibility index (Phi) is 4.45. The standard InChI is InChI=1S/C21H12N4O2/c1-25-18(12-24)17(11-23)19(20(25)21(26)27)14-8-6-13(7-9-14)16-5-3-2-4-15(16)10-22/h2-9H,1H3,(H,26,27). The summed E-state index contributed by atoms with van der Waals surface area (Å²) in [6.45, 7) is 0. The molecule has 0 saturated heterocycles. The van der Waals surface area contributed by atoms with Crippen molar-refractivity contribution >= 4 is 5.97 Å². The minimum Gasteiger partial charge on any atom is -0.477 e. The molecule has 0 unspecified atom stereocenters. The maximum atomic E-state index is 11.7. The SMILES string of the molecule is Cn1c(C#N)c(C#N)c(-c2ccc(-c3ccccc3C#N)cc2)c1C(=O)O. The van der Waals surface area contributed by atoms with Crippen LogP contribution in [0.15, 0.2) is 48.5 Å². The summed E-state index contributed by atoms with van der Waals surface area (Å²) in [7, 11) is 1.45. The molecule has 0 amide bonds. The number of carbonyl (C=O) groups is 1. The Morgan fingerprint density at radius 2 is 1.56 bits per heavy atom. The lowest BCUT2D eigenvalue weighted by Gasteiger charge is -2.07. The van der Waals surface area contributed by atoms with E-state index < -0.39 is 5.97 Å². The second-order valence-corrected chi connectivity index (χ2v) is 5.77. The van der Waals surface area contributed by atoms with Gasteiger partial charge in [-0.3, -0.25) is 0 Å². The van der Waals surface area contributed by atoms with Gasteiger partial charge in [0.15, 0.2) is 0 Å². The van der Waals surface area contributed by atoms with Gasteiger partial charge in [-0.2, -0.15) is 15.8 Å². The average Bonchev–Trinajstić information content (AvgIpc) is 2.99. The van der Waals surface area contributed by atoms with Crippen molar-refractivity contribution in [2.75, 3.05) is 0 Å². The zero-order chi connectivity index (χ0) is 19.6. The molecule has 3 rings (SSSR count). The largest absolute Gasteiger partial charge is 0.477 e. The van der Waals surface area contributed by atoms with Gasteiger partial charge in [0.25, 0.3) is 0 Å². The van der Waals surface area contributed by atoms with Crippen LogP contribution in [-0.4, -0.2) is 15.6 Å². The number of nitrogens with zero attached hydrogens (tertiary/aromatic N) is 4. The van der Waals surface area contributed by atoms with Gasteiger partial charge < -0.3 is 9.67 Å². The Balaban J connectivity index is 2.20. The minimum atomic E-state index is -1.22. The number of aromatic carboxylic acids is 1. The highest BCUT2D eigenvalue weighted by molar-refractivity contribution is 5.98. The molecule has 0 aliphatic heterocycles. The number of carboxylic acids is 1. The molecule has 6 heteroatoms. The topological polar surface area (TPSA) is 114 Å². The van der Waals surface area contributed by atoms with Crippen LogP contribution in [0.3, 0.4) is 0 Å². The second kappa shape index (κ2) is 6.88. The summed E-state index contributed by atoms with van der Waals surface area (Å²) < 4.78 is 1.22. The normalized spacial score (nSPS) is 9.85. The van der Waals surface area contributed by atoms with Crippen LogP contribution in [-0.2, 0) is 7.05 Å². The van der Waals surface area contributed by atoms with Gasteiger partial charge in [0.1, 0.15) is 23.5 Å². The quantitative estimate of drug-likeness (QED) is 0.772. The maximum Gasteiger partial charge on any atom is 0.353 e. The highest BCUT2D eigenvalue weighted by atomic mass is 16.4. The summed E-state index contributed by atoms with van der Waals surface area (Å²) in [5, 5.41) is 37.6. The van der Waals surface area contributed by atoms with E-state index in [0.717, 1.165) is 11.1 Å². The minimum absolute atomic E-state index is 0.00352. The molecule has 128 valence electrons. The Morgan fingerprint density at radius 3 is 2.11 bits per heavy atom. The van der Waals surface area contributed by atoms with E-state index >= 15 is 0 Å². The lowest BCUT2D eigenvalue weighted by molar-refractivity contribution is 0.0687. The Labute approximate surface area is 155 Å². The van der Waals surface area contributed by atoms with Crippen LogP contribution in [0, 0.1) is 34.0 Å². The third kappa shape index (κ3) is 2.80. The van der Waals surface area contributed by atoms with E-state index in [1.54, 1.807) is 36.4 Å². The predicted molar refractivity (Wildman–Crippen MR) is 97.4 cm³/mol. The molecule has 0 spiro atoms. The molecule has 1 N–H and O–H groups in total. The van der Waals surface area contributed by atoms with Gasteiger partial charge in [-0.15, -0.1) is 0 Å². The van der Waals surface area contributed by atoms with E-state index in [2.05, 4.69) is 6.07 Å². The highest BCUT2D eigenvalue weighted by Gasteiger charge is 2.26. The molecule has 0 radical (unpaired) electrons. The number of benzene rings is 2. The number of carboxylic acid groups (broad SMARTS) is 1. The zero-order valence-electron chi connectivity index (χ0n) is 14.3. The monoisotopic (exact) mass is 352 g/mol. The second-order valence-electron chi connectivity index (χ2n) is 5.77. The van der Waals surface area contributed by atoms with E-state index in [0.29, 0.717) is 11.1 Å². The molecule has 2 aromatic carbocycles. The van der Waals surface area contributed by atoms with Crippen molar-refractivity contribution in [3.63, 3.8) is 0 Å². The first-order valence-corrected chi connectivity index (χ1v) is 7.89. The molecule has 0 saturated carbocycles. The van der Waals surface area contributed by atoms with Crippen molar-refractivity contribution < 1.29 is 9.90 Å². The first-order chi connectivity index (χ1) is 13.0.